The molecule has 0 unspecified atom stereocenters. The topological polar surface area (TPSA) is 123 Å². The summed E-state index contributed by atoms with van der Waals surface area (Å²) in [5, 5.41) is 34.0. The van der Waals surface area contributed by atoms with Crippen LogP contribution in [-0.2, 0) is 0 Å². The number of benzene rings is 1. The van der Waals surface area contributed by atoms with Gasteiger partial charge in [-0.3, -0.25) is 15.2 Å². The number of H-pyrrole nitrogens is 1. The third kappa shape index (κ3) is 1.45. The van der Waals surface area contributed by atoms with Crippen LogP contribution in [0.25, 0.3) is 16.6 Å². The Kier molecular flexibility index (Phi) is 1.99. The molecule has 0 bridgehead atoms. The number of fused-ring (bicyclic) bond motifs is 1. The molecule has 1 aromatic carbocycles. The van der Waals surface area contributed by atoms with Gasteiger partial charge in [-0.25, -0.2) is 4.68 Å². The van der Waals surface area contributed by atoms with Crippen LogP contribution >= 0.6 is 0 Å². The van der Waals surface area contributed by atoms with E-state index in [4.69, 9.17) is 5.11 Å². The van der Waals surface area contributed by atoms with Crippen LogP contribution in [0.15, 0.2) is 24.5 Å². The van der Waals surface area contributed by atoms with E-state index in [0.717, 1.165) is 0 Å². The van der Waals surface area contributed by atoms with E-state index in [1.54, 1.807) is 6.07 Å². The third-order valence-electron chi connectivity index (χ3n) is 2.46. The molecule has 3 rings (SSSR count). The van der Waals surface area contributed by atoms with Crippen molar-refractivity contribution in [1.29, 1.82) is 0 Å². The smallest absolute Gasteiger partial charge is 0.282 e. The Labute approximate surface area is 98.8 Å². The van der Waals surface area contributed by atoms with Crippen molar-refractivity contribution in [2.24, 2.45) is 0 Å². The molecule has 0 radical (unpaired) electrons. The van der Waals surface area contributed by atoms with E-state index in [9.17, 15) is 10.1 Å². The van der Waals surface area contributed by atoms with Crippen LogP contribution in [0.3, 0.4) is 0 Å². The fourth-order valence-electron chi connectivity index (χ4n) is 1.68. The van der Waals surface area contributed by atoms with Crippen LogP contribution in [0, 0.1) is 10.1 Å². The van der Waals surface area contributed by atoms with Gasteiger partial charge in [0, 0.05) is 6.07 Å². The van der Waals surface area contributed by atoms with Crippen molar-refractivity contribution in [3.8, 4) is 11.6 Å². The Bertz CT molecular complexity index is 746. The van der Waals surface area contributed by atoms with Crippen LogP contribution in [-0.4, -0.2) is 35.2 Å². The number of hydrogen-bond acceptors (Lipinski definition) is 6. The van der Waals surface area contributed by atoms with Gasteiger partial charge in [-0.1, -0.05) is 10.3 Å². The van der Waals surface area contributed by atoms with Crippen LogP contribution in [0.2, 0.25) is 0 Å². The molecule has 0 aliphatic heterocycles. The Balaban J connectivity index is 2.27. The van der Waals surface area contributed by atoms with E-state index in [1.165, 1.54) is 23.1 Å². The molecule has 9 nitrogen and oxygen atoms in total. The lowest BCUT2D eigenvalue weighted by molar-refractivity contribution is -0.383. The number of rotatable bonds is 2. The second-order valence-corrected chi connectivity index (χ2v) is 3.57. The monoisotopic (exact) mass is 246 g/mol. The number of non-ortho nitro benzene ring substituents is 1. The first kappa shape index (κ1) is 10.2. The summed E-state index contributed by atoms with van der Waals surface area (Å²) in [6.07, 6.45) is 2.64. The second-order valence-electron chi connectivity index (χ2n) is 3.57. The first-order valence-corrected chi connectivity index (χ1v) is 4.88. The molecular formula is C9H6N6O3. The number of nitro benzene ring substituents is 1. The summed E-state index contributed by atoms with van der Waals surface area (Å²) in [5.74, 6) is -0.262. The molecule has 0 amide bonds. The van der Waals surface area contributed by atoms with Crippen molar-refractivity contribution in [3.63, 3.8) is 0 Å². The van der Waals surface area contributed by atoms with E-state index < -0.39 is 4.92 Å². The number of nitro groups is 1. The number of nitrogens with zero attached hydrogens (tertiary/aromatic N) is 5. The van der Waals surface area contributed by atoms with Crippen LogP contribution < -0.4 is 0 Å². The maximum Gasteiger partial charge on any atom is 0.282 e. The first-order chi connectivity index (χ1) is 8.65. The van der Waals surface area contributed by atoms with Crippen molar-refractivity contribution in [1.82, 2.24) is 25.2 Å². The van der Waals surface area contributed by atoms with Crippen molar-refractivity contribution in [2.45, 2.75) is 0 Å². The molecule has 0 aliphatic carbocycles. The Morgan fingerprint density at radius 1 is 1.44 bits per heavy atom. The zero-order chi connectivity index (χ0) is 12.7. The molecule has 3 aromatic rings. The van der Waals surface area contributed by atoms with Gasteiger partial charge in [-0.2, -0.15) is 5.10 Å². The van der Waals surface area contributed by atoms with E-state index in [2.05, 4.69) is 20.5 Å². The predicted molar refractivity (Wildman–Crippen MR) is 59.3 cm³/mol. The number of aromatic hydroxyl groups is 1. The average Bonchev–Trinajstić information content (AvgIpc) is 2.95. The number of hydrogen-bond donors (Lipinski definition) is 2. The molecule has 0 atom stereocenters. The Morgan fingerprint density at radius 3 is 2.94 bits per heavy atom. The summed E-state index contributed by atoms with van der Waals surface area (Å²) in [5.41, 5.74) is 0.826. The molecule has 2 N–H and O–H groups in total. The van der Waals surface area contributed by atoms with E-state index >= 15 is 0 Å². The maximum atomic E-state index is 11.0. The maximum absolute atomic E-state index is 11.0. The van der Waals surface area contributed by atoms with Crippen LogP contribution in [0.1, 0.15) is 0 Å². The zero-order valence-corrected chi connectivity index (χ0v) is 8.81. The lowest BCUT2D eigenvalue weighted by Crippen LogP contribution is -1.97. The lowest BCUT2D eigenvalue weighted by atomic mass is 10.2. The quantitative estimate of drug-likeness (QED) is 0.508. The van der Waals surface area contributed by atoms with Gasteiger partial charge >= 0.3 is 0 Å². The van der Waals surface area contributed by atoms with Gasteiger partial charge in [0.1, 0.15) is 0 Å². The minimum Gasteiger partial charge on any atom is -0.491 e. The summed E-state index contributed by atoms with van der Waals surface area (Å²) in [4.78, 5) is 10.5. The van der Waals surface area contributed by atoms with Gasteiger partial charge in [0.15, 0.2) is 0 Å². The number of aromatic amines is 1. The van der Waals surface area contributed by atoms with Crippen molar-refractivity contribution in [3.05, 3.63) is 34.6 Å². The van der Waals surface area contributed by atoms with Gasteiger partial charge in [-0.05, 0) is 6.07 Å². The minimum atomic E-state index is -0.502. The van der Waals surface area contributed by atoms with Crippen LogP contribution in [0.4, 0.5) is 5.69 Å². The van der Waals surface area contributed by atoms with Crippen molar-refractivity contribution < 1.29 is 10.0 Å². The highest BCUT2D eigenvalue weighted by Gasteiger charge is 2.16. The lowest BCUT2D eigenvalue weighted by Gasteiger charge is -2.00. The highest BCUT2D eigenvalue weighted by atomic mass is 16.6. The van der Waals surface area contributed by atoms with E-state index in [1.807, 2.05) is 0 Å². The van der Waals surface area contributed by atoms with Crippen molar-refractivity contribution >= 4 is 16.6 Å². The zero-order valence-electron chi connectivity index (χ0n) is 8.81. The van der Waals surface area contributed by atoms with Gasteiger partial charge in [0.05, 0.1) is 33.9 Å². The fourth-order valence-corrected chi connectivity index (χ4v) is 1.68. The SMILES string of the molecule is O=[N+]([O-])c1cc(-n2cc(O)nn2)cc2[nH]ncc12. The van der Waals surface area contributed by atoms with Gasteiger partial charge in [0.25, 0.3) is 11.6 Å². The molecule has 0 saturated heterocycles. The summed E-state index contributed by atoms with van der Waals surface area (Å²) < 4.78 is 1.24. The largest absolute Gasteiger partial charge is 0.491 e. The molecule has 0 saturated carbocycles. The first-order valence-electron chi connectivity index (χ1n) is 4.88. The fraction of sp³-hybridized carbons (Fsp3) is 0. The third-order valence-corrected chi connectivity index (χ3v) is 2.46. The van der Waals surface area contributed by atoms with Crippen molar-refractivity contribution in [2.75, 3.05) is 0 Å². The average molecular weight is 246 g/mol. The summed E-state index contributed by atoms with van der Waals surface area (Å²) in [7, 11) is 0. The molecule has 0 fully saturated rings. The standard InChI is InChI=1S/C9H6N6O3/c16-9-4-14(13-12-9)5-1-7-6(3-10-11-7)8(2-5)15(17)18/h1-4,16H,(H,10,11). The normalized spacial score (nSPS) is 10.9. The van der Waals surface area contributed by atoms with Gasteiger partial charge < -0.3 is 5.11 Å². The number of nitrogens with one attached hydrogen (secondary N) is 1. The summed E-state index contributed by atoms with van der Waals surface area (Å²) >= 11 is 0. The molecule has 2 heterocycles. The Hall–Kier alpha value is -2.97. The molecule has 0 aliphatic rings. The summed E-state index contributed by atoms with van der Waals surface area (Å²) in [6, 6.07) is 2.97. The highest BCUT2D eigenvalue weighted by molar-refractivity contribution is 5.89. The molecule has 90 valence electrons. The predicted octanol–water partition coefficient (Wildman–Crippen LogP) is 0.757. The molecule has 2 aromatic heterocycles. The molecule has 18 heavy (non-hydrogen) atoms. The van der Waals surface area contributed by atoms with E-state index in [0.29, 0.717) is 16.6 Å². The second kappa shape index (κ2) is 3.52. The molecule has 0 spiro atoms. The Morgan fingerprint density at radius 2 is 2.28 bits per heavy atom. The molecular weight excluding hydrogens is 240 g/mol. The van der Waals surface area contributed by atoms with Gasteiger partial charge in [-0.15, -0.1) is 0 Å². The molecule has 9 heteroatoms. The van der Waals surface area contributed by atoms with Gasteiger partial charge in [0.2, 0.25) is 0 Å². The van der Waals surface area contributed by atoms with Crippen LogP contribution in [0.5, 0.6) is 5.88 Å². The minimum absolute atomic E-state index is 0.0914. The van der Waals surface area contributed by atoms with E-state index in [-0.39, 0.29) is 11.6 Å². The number of aromatic nitrogens is 5. The summed E-state index contributed by atoms with van der Waals surface area (Å²) in [6.45, 7) is 0. The highest BCUT2D eigenvalue weighted by Crippen LogP contribution is 2.27.